The number of nitrogens with zero attached hydrogens (tertiary/aromatic N) is 3. The van der Waals surface area contributed by atoms with Crippen molar-refractivity contribution in [2.45, 2.75) is 57.9 Å². The molecule has 0 atom stereocenters. The zero-order valence-corrected chi connectivity index (χ0v) is 22.0. The Morgan fingerprint density at radius 3 is 2.53 bits per heavy atom. The number of rotatable bonds is 11. The second-order valence-electron chi connectivity index (χ2n) is 10.1. The van der Waals surface area contributed by atoms with Gasteiger partial charge in [0, 0.05) is 29.9 Å². The van der Waals surface area contributed by atoms with E-state index in [9.17, 15) is 9.59 Å². The molecule has 1 heterocycles. The van der Waals surface area contributed by atoms with Crippen molar-refractivity contribution in [2.24, 2.45) is 5.92 Å². The van der Waals surface area contributed by atoms with Crippen LogP contribution in [0.3, 0.4) is 0 Å². The second-order valence-corrected chi connectivity index (χ2v) is 10.5. The molecule has 1 aliphatic carbocycles. The van der Waals surface area contributed by atoms with Gasteiger partial charge >= 0.3 is 0 Å². The number of benzene rings is 2. The topological polar surface area (TPSA) is 67.2 Å². The van der Waals surface area contributed by atoms with E-state index in [0.29, 0.717) is 35.8 Å². The fourth-order valence-electron chi connectivity index (χ4n) is 5.06. The molecule has 1 fully saturated rings. The van der Waals surface area contributed by atoms with Crippen LogP contribution < -0.4 is 10.9 Å². The van der Waals surface area contributed by atoms with Crippen LogP contribution in [0.15, 0.2) is 53.3 Å². The van der Waals surface area contributed by atoms with Crippen LogP contribution in [0.1, 0.15) is 56.2 Å². The number of nitrogens with one attached hydrogen (secondary N) is 1. The number of aryl methyl sites for hydroxylation is 1. The highest BCUT2D eigenvalue weighted by Crippen LogP contribution is 2.22. The van der Waals surface area contributed by atoms with Gasteiger partial charge < -0.3 is 5.32 Å². The van der Waals surface area contributed by atoms with E-state index in [2.05, 4.69) is 10.2 Å². The maximum absolute atomic E-state index is 13.1. The predicted octanol–water partition coefficient (Wildman–Crippen LogP) is 5.05. The largest absolute Gasteiger partial charge is 0.355 e. The van der Waals surface area contributed by atoms with Crippen LogP contribution in [-0.2, 0) is 17.8 Å². The van der Waals surface area contributed by atoms with E-state index >= 15 is 0 Å². The predicted molar refractivity (Wildman–Crippen MR) is 147 cm³/mol. The molecule has 4 rings (SSSR count). The molecule has 0 spiro atoms. The zero-order valence-electron chi connectivity index (χ0n) is 21.2. The molecule has 1 saturated carbocycles. The average molecular weight is 509 g/mol. The van der Waals surface area contributed by atoms with Crippen molar-refractivity contribution in [3.63, 3.8) is 0 Å². The van der Waals surface area contributed by atoms with Crippen LogP contribution in [0.5, 0.6) is 0 Å². The summed E-state index contributed by atoms with van der Waals surface area (Å²) in [7, 11) is 1.98. The fourth-order valence-corrected chi connectivity index (χ4v) is 5.18. The molecule has 6 nitrogen and oxygen atoms in total. The molecule has 0 radical (unpaired) electrons. The molecule has 192 valence electrons. The highest BCUT2D eigenvalue weighted by Gasteiger charge is 2.15. The summed E-state index contributed by atoms with van der Waals surface area (Å²) in [5.74, 6) is 0.743. The molecule has 0 unspecified atom stereocenters. The number of amides is 1. The van der Waals surface area contributed by atoms with Gasteiger partial charge in [0.1, 0.15) is 0 Å². The van der Waals surface area contributed by atoms with Crippen molar-refractivity contribution in [3.8, 4) is 0 Å². The Kier molecular flexibility index (Phi) is 9.54. The van der Waals surface area contributed by atoms with Gasteiger partial charge in [0.2, 0.25) is 5.91 Å². The molecule has 3 aromatic rings. The van der Waals surface area contributed by atoms with Crippen LogP contribution in [0.2, 0.25) is 5.02 Å². The summed E-state index contributed by atoms with van der Waals surface area (Å²) in [5.41, 5.74) is 1.94. The van der Waals surface area contributed by atoms with Crippen molar-refractivity contribution in [2.75, 3.05) is 26.7 Å². The number of likely N-dealkylation sites (N-methyl/N-ethyl adjacent to an activating group) is 1. The standard InChI is InChI=1S/C29H37ClN4O2/c1-33(21-28(35)31-20-23-9-3-2-4-10-23)17-7-8-18-34-29(36)26-12-6-5-11-25(26)27(32-34)19-22-13-15-24(30)16-14-22/h5-6,11-16,23H,2-4,7-10,17-21H2,1H3,(H,31,35). The van der Waals surface area contributed by atoms with E-state index in [1.807, 2.05) is 55.6 Å². The molecule has 1 N–H and O–H groups in total. The number of unbranched alkanes of at least 4 members (excludes halogenated alkanes) is 1. The number of carbonyl (C=O) groups excluding carboxylic acids is 1. The van der Waals surface area contributed by atoms with Crippen LogP contribution in [0, 0.1) is 5.92 Å². The quantitative estimate of drug-likeness (QED) is 0.368. The van der Waals surface area contributed by atoms with Gasteiger partial charge in [-0.25, -0.2) is 4.68 Å². The Labute approximate surface area is 218 Å². The average Bonchev–Trinajstić information content (AvgIpc) is 2.89. The normalized spacial score (nSPS) is 14.4. The Hall–Kier alpha value is -2.70. The van der Waals surface area contributed by atoms with Crippen LogP contribution in [0.25, 0.3) is 10.8 Å². The number of aromatic nitrogens is 2. The van der Waals surface area contributed by atoms with Gasteiger partial charge in [-0.1, -0.05) is 61.2 Å². The van der Waals surface area contributed by atoms with E-state index in [4.69, 9.17) is 16.7 Å². The second kappa shape index (κ2) is 13.0. The lowest BCUT2D eigenvalue weighted by Crippen LogP contribution is -2.38. The SMILES string of the molecule is CN(CCCCn1nc(Cc2ccc(Cl)cc2)c2ccccc2c1=O)CC(=O)NCC1CCCCC1. The third-order valence-corrected chi connectivity index (χ3v) is 7.37. The first kappa shape index (κ1) is 26.4. The van der Waals surface area contributed by atoms with E-state index in [1.165, 1.54) is 32.1 Å². The smallest absolute Gasteiger partial charge is 0.274 e. The highest BCUT2D eigenvalue weighted by atomic mass is 35.5. The van der Waals surface area contributed by atoms with Crippen LogP contribution in [-0.4, -0.2) is 47.3 Å². The number of fused-ring (bicyclic) bond motifs is 1. The summed E-state index contributed by atoms with van der Waals surface area (Å²) in [5, 5.41) is 10.2. The first-order valence-corrected chi connectivity index (χ1v) is 13.6. The van der Waals surface area contributed by atoms with Crippen LogP contribution >= 0.6 is 11.6 Å². The first-order chi connectivity index (χ1) is 17.5. The van der Waals surface area contributed by atoms with Crippen LogP contribution in [0.4, 0.5) is 0 Å². The molecule has 36 heavy (non-hydrogen) atoms. The Bertz CT molecular complexity index is 1200. The van der Waals surface area contributed by atoms with E-state index < -0.39 is 0 Å². The van der Waals surface area contributed by atoms with E-state index in [-0.39, 0.29) is 11.5 Å². The summed E-state index contributed by atoms with van der Waals surface area (Å²) in [6.45, 7) is 2.57. The lowest BCUT2D eigenvalue weighted by atomic mass is 9.89. The molecule has 7 heteroatoms. The summed E-state index contributed by atoms with van der Waals surface area (Å²) in [6.07, 6.45) is 8.73. The number of halogens is 1. The number of carbonyl (C=O) groups is 1. The highest BCUT2D eigenvalue weighted by molar-refractivity contribution is 6.30. The summed E-state index contributed by atoms with van der Waals surface area (Å²) < 4.78 is 1.60. The molecular formula is C29H37ClN4O2. The van der Waals surface area contributed by atoms with Crippen molar-refractivity contribution in [3.05, 3.63) is 75.2 Å². The molecule has 2 aromatic carbocycles. The van der Waals surface area contributed by atoms with Gasteiger partial charge in [-0.05, 0) is 69.0 Å². The maximum Gasteiger partial charge on any atom is 0.274 e. The molecule has 1 amide bonds. The Morgan fingerprint density at radius 2 is 1.78 bits per heavy atom. The molecule has 0 bridgehead atoms. The summed E-state index contributed by atoms with van der Waals surface area (Å²) in [6, 6.07) is 15.4. The Morgan fingerprint density at radius 1 is 1.06 bits per heavy atom. The third-order valence-electron chi connectivity index (χ3n) is 7.11. The van der Waals surface area contributed by atoms with E-state index in [1.54, 1.807) is 4.68 Å². The van der Waals surface area contributed by atoms with Gasteiger partial charge in [-0.2, -0.15) is 5.10 Å². The molecule has 1 aromatic heterocycles. The molecule has 1 aliphatic rings. The van der Waals surface area contributed by atoms with Gasteiger partial charge in [-0.15, -0.1) is 0 Å². The lowest BCUT2D eigenvalue weighted by Gasteiger charge is -2.22. The first-order valence-electron chi connectivity index (χ1n) is 13.2. The van der Waals surface area contributed by atoms with Gasteiger partial charge in [-0.3, -0.25) is 14.5 Å². The van der Waals surface area contributed by atoms with Crippen molar-refractivity contribution < 1.29 is 4.79 Å². The summed E-state index contributed by atoms with van der Waals surface area (Å²) in [4.78, 5) is 27.4. The number of hydrogen-bond donors (Lipinski definition) is 1. The van der Waals surface area contributed by atoms with Gasteiger partial charge in [0.05, 0.1) is 17.6 Å². The molecular weight excluding hydrogens is 472 g/mol. The summed E-state index contributed by atoms with van der Waals surface area (Å²) >= 11 is 6.04. The van der Waals surface area contributed by atoms with Crippen molar-refractivity contribution in [1.29, 1.82) is 0 Å². The maximum atomic E-state index is 13.1. The zero-order chi connectivity index (χ0) is 25.3. The van der Waals surface area contributed by atoms with Crippen molar-refractivity contribution >= 4 is 28.3 Å². The molecule has 0 saturated heterocycles. The van der Waals surface area contributed by atoms with Gasteiger partial charge in [0.15, 0.2) is 0 Å². The van der Waals surface area contributed by atoms with Crippen molar-refractivity contribution in [1.82, 2.24) is 20.0 Å². The van der Waals surface area contributed by atoms with Gasteiger partial charge in [0.25, 0.3) is 5.56 Å². The minimum Gasteiger partial charge on any atom is -0.355 e. The monoisotopic (exact) mass is 508 g/mol. The fraction of sp³-hybridized carbons (Fsp3) is 0.483. The molecule has 0 aliphatic heterocycles. The third kappa shape index (κ3) is 7.40. The Balaban J connectivity index is 1.30. The minimum atomic E-state index is -0.0547. The lowest BCUT2D eigenvalue weighted by molar-refractivity contribution is -0.122. The number of hydrogen-bond acceptors (Lipinski definition) is 4. The minimum absolute atomic E-state index is 0.0547. The van der Waals surface area contributed by atoms with E-state index in [0.717, 1.165) is 42.6 Å².